The van der Waals surface area contributed by atoms with Gasteiger partial charge in [-0.1, -0.05) is 0 Å². The fourth-order valence-electron chi connectivity index (χ4n) is 2.23. The second-order valence-electron chi connectivity index (χ2n) is 12.9. The van der Waals surface area contributed by atoms with Crippen molar-refractivity contribution in [2.24, 2.45) is 21.7 Å². The molecule has 0 heterocycles. The Kier molecular flexibility index (Phi) is 11.3. The first-order valence-corrected chi connectivity index (χ1v) is 11.9. The van der Waals surface area contributed by atoms with Gasteiger partial charge in [-0.25, -0.2) is 0 Å². The van der Waals surface area contributed by atoms with Crippen LogP contribution in [-0.2, 0) is 42.9 Å². The summed E-state index contributed by atoms with van der Waals surface area (Å²) >= 11 is 0. The number of esters is 4. The zero-order valence-corrected chi connectivity index (χ0v) is 23.7. The topological polar surface area (TPSA) is 143 Å². The molecule has 0 bridgehead atoms. The van der Waals surface area contributed by atoms with Crippen molar-refractivity contribution in [2.75, 3.05) is 6.61 Å². The fraction of sp³-hybridized carbons (Fsp3) is 0.808. The summed E-state index contributed by atoms with van der Waals surface area (Å²) < 4.78 is 21.5. The van der Waals surface area contributed by atoms with Crippen molar-refractivity contribution in [3.63, 3.8) is 0 Å². The smallest absolute Gasteiger partial charge is 0.312 e. The molecule has 10 nitrogen and oxygen atoms in total. The van der Waals surface area contributed by atoms with Gasteiger partial charge in [0.1, 0.15) is 12.7 Å². The molecule has 0 spiro atoms. The van der Waals surface area contributed by atoms with Crippen LogP contribution >= 0.6 is 0 Å². The van der Waals surface area contributed by atoms with Gasteiger partial charge in [0, 0.05) is 0 Å². The highest BCUT2D eigenvalue weighted by Crippen LogP contribution is 2.27. The molecule has 0 rings (SSSR count). The highest BCUT2D eigenvalue weighted by atomic mass is 16.6. The Morgan fingerprint density at radius 3 is 1.28 bits per heavy atom. The minimum atomic E-state index is -1.73. The normalized spacial score (nSPS) is 16.1. The highest BCUT2D eigenvalue weighted by molar-refractivity contribution is 5.79. The van der Waals surface area contributed by atoms with Crippen LogP contribution in [0.3, 0.4) is 0 Å². The molecular weight excluding hydrogens is 472 g/mol. The summed E-state index contributed by atoms with van der Waals surface area (Å²) in [6, 6.07) is 0. The maximum Gasteiger partial charge on any atom is 0.312 e. The van der Waals surface area contributed by atoms with E-state index in [4.69, 9.17) is 18.9 Å². The van der Waals surface area contributed by atoms with Gasteiger partial charge >= 0.3 is 23.9 Å². The van der Waals surface area contributed by atoms with Crippen LogP contribution in [0, 0.1) is 21.7 Å². The van der Waals surface area contributed by atoms with Crippen molar-refractivity contribution in [3.05, 3.63) is 0 Å². The van der Waals surface area contributed by atoms with Crippen molar-refractivity contribution in [1.82, 2.24) is 0 Å². The largest absolute Gasteiger partial charge is 0.462 e. The Balaban J connectivity index is 6.50. The minimum Gasteiger partial charge on any atom is -0.462 e. The SMILES string of the molecule is CC(C)(C)C(=O)OC[C@@H](O)[C@@H](OC(=O)C(C)(C)C)[C@H](OC(=O)C(C)(C)C)[C@H](C=O)OC(=O)C(C)(C)C. The summed E-state index contributed by atoms with van der Waals surface area (Å²) in [4.78, 5) is 62.5. The predicted molar refractivity (Wildman–Crippen MR) is 130 cm³/mol. The van der Waals surface area contributed by atoms with E-state index in [1.54, 1.807) is 83.1 Å². The third kappa shape index (κ3) is 10.6. The number of aliphatic hydroxyl groups excluding tert-OH is 1. The van der Waals surface area contributed by atoms with Crippen molar-refractivity contribution in [3.8, 4) is 0 Å². The lowest BCUT2D eigenvalue weighted by Crippen LogP contribution is -2.54. The van der Waals surface area contributed by atoms with E-state index in [1.165, 1.54) is 0 Å². The standard InChI is InChI=1S/C26H44O10/c1-23(2,3)19(29)33-14-15(28)17(35-21(31)25(7,8)9)18(36-22(32)26(10,11)12)16(13-27)34-20(30)24(4,5)6/h13,15-18,28H,14H2,1-12H3/t15-,16+,17-,18-/m1/s1. The quantitative estimate of drug-likeness (QED) is 0.276. The number of aliphatic hydroxyl groups is 1. The molecule has 0 aromatic rings. The Labute approximate surface area is 214 Å². The van der Waals surface area contributed by atoms with Gasteiger partial charge in [0.2, 0.25) is 0 Å². The van der Waals surface area contributed by atoms with Gasteiger partial charge in [0.15, 0.2) is 24.6 Å². The highest BCUT2D eigenvalue weighted by Gasteiger charge is 2.46. The lowest BCUT2D eigenvalue weighted by Gasteiger charge is -2.36. The van der Waals surface area contributed by atoms with Crippen LogP contribution < -0.4 is 0 Å². The van der Waals surface area contributed by atoms with Gasteiger partial charge < -0.3 is 24.1 Å². The average Bonchev–Trinajstić information content (AvgIpc) is 2.69. The fourth-order valence-corrected chi connectivity index (χ4v) is 2.23. The molecule has 1 N–H and O–H groups in total. The van der Waals surface area contributed by atoms with E-state index in [1.807, 2.05) is 0 Å². The van der Waals surface area contributed by atoms with E-state index in [-0.39, 0.29) is 6.29 Å². The Morgan fingerprint density at radius 2 is 0.944 bits per heavy atom. The summed E-state index contributed by atoms with van der Waals surface area (Å²) in [6.45, 7) is 18.2. The molecule has 0 saturated carbocycles. The van der Waals surface area contributed by atoms with Crippen LogP contribution in [0.25, 0.3) is 0 Å². The Morgan fingerprint density at radius 1 is 0.611 bits per heavy atom. The Bertz CT molecular complexity index is 803. The van der Waals surface area contributed by atoms with Gasteiger partial charge in [-0.2, -0.15) is 0 Å². The molecule has 0 aromatic heterocycles. The third-order valence-corrected chi connectivity index (χ3v) is 4.72. The lowest BCUT2D eigenvalue weighted by molar-refractivity contribution is -0.206. The first-order chi connectivity index (χ1) is 15.9. The molecule has 0 fully saturated rings. The maximum absolute atomic E-state index is 12.8. The first kappa shape index (κ1) is 33.5. The molecule has 0 unspecified atom stereocenters. The number of hydrogen-bond acceptors (Lipinski definition) is 10. The van der Waals surface area contributed by atoms with Crippen LogP contribution in [0.2, 0.25) is 0 Å². The van der Waals surface area contributed by atoms with E-state index in [9.17, 15) is 29.1 Å². The molecule has 0 aliphatic rings. The molecule has 0 amide bonds. The van der Waals surface area contributed by atoms with E-state index in [0.29, 0.717) is 0 Å². The average molecular weight is 517 g/mol. The van der Waals surface area contributed by atoms with Crippen LogP contribution in [-0.4, -0.2) is 66.3 Å². The third-order valence-electron chi connectivity index (χ3n) is 4.72. The van der Waals surface area contributed by atoms with Gasteiger partial charge in [0.25, 0.3) is 0 Å². The monoisotopic (exact) mass is 516 g/mol. The minimum absolute atomic E-state index is 0.232. The molecule has 0 aromatic carbocycles. The molecule has 208 valence electrons. The zero-order valence-electron chi connectivity index (χ0n) is 23.7. The number of aldehydes is 1. The first-order valence-electron chi connectivity index (χ1n) is 11.9. The summed E-state index contributed by atoms with van der Waals surface area (Å²) in [5, 5.41) is 11.0. The van der Waals surface area contributed by atoms with Crippen LogP contribution in [0.5, 0.6) is 0 Å². The molecule has 4 atom stereocenters. The van der Waals surface area contributed by atoms with Crippen LogP contribution in [0.1, 0.15) is 83.1 Å². The van der Waals surface area contributed by atoms with Crippen molar-refractivity contribution in [1.29, 1.82) is 0 Å². The van der Waals surface area contributed by atoms with E-state index < -0.39 is 76.6 Å². The van der Waals surface area contributed by atoms with E-state index >= 15 is 0 Å². The van der Waals surface area contributed by atoms with Gasteiger partial charge in [-0.05, 0) is 83.1 Å². The van der Waals surface area contributed by atoms with E-state index in [0.717, 1.165) is 0 Å². The molecule has 0 radical (unpaired) electrons. The number of ether oxygens (including phenoxy) is 4. The molecule has 0 aliphatic heterocycles. The van der Waals surface area contributed by atoms with Crippen molar-refractivity contribution in [2.45, 2.75) is 108 Å². The van der Waals surface area contributed by atoms with Crippen molar-refractivity contribution >= 4 is 30.2 Å². The second-order valence-corrected chi connectivity index (χ2v) is 12.9. The summed E-state index contributed by atoms with van der Waals surface area (Å²) in [5.41, 5.74) is -4.00. The van der Waals surface area contributed by atoms with Crippen LogP contribution in [0.15, 0.2) is 0 Å². The number of carbonyl (C=O) groups is 5. The summed E-state index contributed by atoms with van der Waals surface area (Å²) in [5.74, 6) is -3.03. The molecule has 0 aliphatic carbocycles. The maximum atomic E-state index is 12.8. The number of hydrogen-bond donors (Lipinski definition) is 1. The molecule has 10 heteroatoms. The van der Waals surface area contributed by atoms with E-state index in [2.05, 4.69) is 0 Å². The molecule has 0 saturated heterocycles. The lowest BCUT2D eigenvalue weighted by atomic mass is 9.94. The zero-order chi connectivity index (χ0) is 28.9. The number of rotatable bonds is 9. The second kappa shape index (κ2) is 12.2. The van der Waals surface area contributed by atoms with Gasteiger partial charge in [-0.15, -0.1) is 0 Å². The van der Waals surface area contributed by atoms with Crippen LogP contribution in [0.4, 0.5) is 0 Å². The van der Waals surface area contributed by atoms with Crippen molar-refractivity contribution < 1.29 is 48.0 Å². The van der Waals surface area contributed by atoms with Gasteiger partial charge in [0.05, 0.1) is 21.7 Å². The number of carbonyl (C=O) groups excluding carboxylic acids is 5. The molecule has 36 heavy (non-hydrogen) atoms. The summed E-state index contributed by atoms with van der Waals surface area (Å²) in [7, 11) is 0. The Hall–Kier alpha value is -2.49. The predicted octanol–water partition coefficient (Wildman–Crippen LogP) is 3.01. The molecular formula is C26H44O10. The summed E-state index contributed by atoms with van der Waals surface area (Å²) in [6.07, 6.45) is -6.66. The van der Waals surface area contributed by atoms with Gasteiger partial charge in [-0.3, -0.25) is 24.0 Å².